The fraction of sp³-hybridized carbons (Fsp3) is 0.500. The van der Waals surface area contributed by atoms with Crippen LogP contribution in [-0.4, -0.2) is 16.4 Å². The van der Waals surface area contributed by atoms with Crippen LogP contribution >= 0.6 is 15.9 Å². The number of carbonyl (C=O) groups is 1. The van der Waals surface area contributed by atoms with Crippen molar-refractivity contribution >= 4 is 27.5 Å². The molecule has 0 aliphatic rings. The summed E-state index contributed by atoms with van der Waals surface area (Å²) in [7, 11) is 0. The summed E-state index contributed by atoms with van der Waals surface area (Å²) in [6.07, 6.45) is 1.60. The van der Waals surface area contributed by atoms with Crippen molar-refractivity contribution in [2.45, 2.75) is 33.2 Å². The van der Waals surface area contributed by atoms with Gasteiger partial charge in [0.25, 0.3) is 0 Å². The van der Waals surface area contributed by atoms with Gasteiger partial charge in [-0.05, 0) is 55.8 Å². The molecule has 1 heterocycles. The van der Waals surface area contributed by atoms with Crippen molar-refractivity contribution in [1.82, 2.24) is 4.98 Å². The third-order valence-corrected chi connectivity index (χ3v) is 3.63. The number of aromatic nitrogens is 1. The summed E-state index contributed by atoms with van der Waals surface area (Å²) < 4.78 is 0.730. The van der Waals surface area contributed by atoms with Crippen LogP contribution < -0.4 is 11.1 Å². The number of nitrogens with one attached hydrogen (secondary N) is 1. The first-order valence-electron chi connectivity index (χ1n) is 5.36. The minimum atomic E-state index is -0.667. The highest BCUT2D eigenvalue weighted by atomic mass is 79.9. The largest absolute Gasteiger partial charge is 0.325 e. The Bertz CT molecular complexity index is 407. The summed E-state index contributed by atoms with van der Waals surface area (Å²) in [5.41, 5.74) is 5.41. The number of anilines is 1. The van der Waals surface area contributed by atoms with Crippen molar-refractivity contribution in [3.63, 3.8) is 0 Å². The van der Waals surface area contributed by atoms with Gasteiger partial charge in [-0.2, -0.15) is 0 Å². The van der Waals surface area contributed by atoms with Crippen molar-refractivity contribution in [3.05, 3.63) is 22.9 Å². The van der Waals surface area contributed by atoms with Crippen LogP contribution in [0.25, 0.3) is 0 Å². The Kier molecular flexibility index (Phi) is 3.94. The lowest BCUT2D eigenvalue weighted by Gasteiger charge is -2.36. The first-order valence-corrected chi connectivity index (χ1v) is 6.16. The predicted octanol–water partition coefficient (Wildman–Crippen LogP) is 2.55. The molecular formula is C12H18BrN3O. The van der Waals surface area contributed by atoms with Crippen molar-refractivity contribution in [2.24, 2.45) is 11.1 Å². The summed E-state index contributed by atoms with van der Waals surface area (Å²) in [6.45, 7) is 7.34. The number of rotatable bonds is 3. The van der Waals surface area contributed by atoms with E-state index >= 15 is 0 Å². The van der Waals surface area contributed by atoms with Gasteiger partial charge in [0.05, 0.1) is 17.3 Å². The molecule has 1 aromatic rings. The summed E-state index contributed by atoms with van der Waals surface area (Å²) >= 11 is 3.24. The third kappa shape index (κ3) is 3.26. The number of nitrogens with two attached hydrogens (primary N) is 1. The van der Waals surface area contributed by atoms with Gasteiger partial charge in [-0.3, -0.25) is 4.79 Å². The smallest absolute Gasteiger partial charge is 0.231 e. The fourth-order valence-electron chi connectivity index (χ4n) is 1.03. The Morgan fingerprint density at radius 1 is 1.35 bits per heavy atom. The molecular weight excluding hydrogens is 282 g/mol. The molecule has 0 radical (unpaired) electrons. The van der Waals surface area contributed by atoms with Gasteiger partial charge in [0.1, 0.15) is 4.60 Å². The topological polar surface area (TPSA) is 68.0 Å². The third-order valence-electron chi connectivity index (χ3n) is 3.16. The highest BCUT2D eigenvalue weighted by Gasteiger charge is 2.40. The molecule has 94 valence electrons. The predicted molar refractivity (Wildman–Crippen MR) is 72.6 cm³/mol. The van der Waals surface area contributed by atoms with Gasteiger partial charge in [0, 0.05) is 5.54 Å². The Hall–Kier alpha value is -0.940. The zero-order valence-electron chi connectivity index (χ0n) is 10.5. The van der Waals surface area contributed by atoms with E-state index in [0.717, 1.165) is 4.60 Å². The molecule has 1 amide bonds. The summed E-state index contributed by atoms with van der Waals surface area (Å²) in [4.78, 5) is 16.2. The number of hydrogen-bond acceptors (Lipinski definition) is 3. The van der Waals surface area contributed by atoms with Gasteiger partial charge >= 0.3 is 0 Å². The second-order valence-electron chi connectivity index (χ2n) is 5.17. The number of nitrogens with zero attached hydrogens (tertiary/aromatic N) is 1. The second kappa shape index (κ2) is 4.74. The monoisotopic (exact) mass is 299 g/mol. The van der Waals surface area contributed by atoms with E-state index < -0.39 is 11.0 Å². The average molecular weight is 300 g/mol. The molecule has 0 bridgehead atoms. The standard InChI is InChI=1S/C12H18BrN3O/c1-11(2,12(3,4)14)10(17)16-8-5-6-9(13)15-7-8/h5-7H,14H2,1-4H3,(H,16,17). The summed E-state index contributed by atoms with van der Waals surface area (Å²) in [6, 6.07) is 3.56. The molecule has 17 heavy (non-hydrogen) atoms. The van der Waals surface area contributed by atoms with E-state index in [0.29, 0.717) is 5.69 Å². The number of pyridine rings is 1. The Labute approximate surface area is 110 Å². The minimum Gasteiger partial charge on any atom is -0.325 e. The highest BCUT2D eigenvalue weighted by Crippen LogP contribution is 2.29. The quantitative estimate of drug-likeness (QED) is 0.843. The molecule has 0 aliphatic carbocycles. The van der Waals surface area contributed by atoms with E-state index in [1.165, 1.54) is 0 Å². The normalized spacial score (nSPS) is 12.4. The summed E-state index contributed by atoms with van der Waals surface area (Å²) in [5.74, 6) is -0.117. The van der Waals surface area contributed by atoms with Crippen LogP contribution in [0.4, 0.5) is 5.69 Å². The zero-order valence-corrected chi connectivity index (χ0v) is 12.1. The Balaban J connectivity index is 2.83. The van der Waals surface area contributed by atoms with E-state index in [-0.39, 0.29) is 5.91 Å². The van der Waals surface area contributed by atoms with Crippen LogP contribution in [0, 0.1) is 5.41 Å². The van der Waals surface area contributed by atoms with Gasteiger partial charge in [0.2, 0.25) is 5.91 Å². The molecule has 0 spiro atoms. The lowest BCUT2D eigenvalue weighted by atomic mass is 9.74. The Morgan fingerprint density at radius 3 is 2.35 bits per heavy atom. The van der Waals surface area contributed by atoms with E-state index in [2.05, 4.69) is 26.2 Å². The summed E-state index contributed by atoms with van der Waals surface area (Å²) in [5, 5.41) is 2.81. The average Bonchev–Trinajstić information content (AvgIpc) is 2.19. The first kappa shape index (κ1) is 14.1. The molecule has 0 unspecified atom stereocenters. The fourth-order valence-corrected chi connectivity index (χ4v) is 1.26. The molecule has 5 heteroatoms. The number of carbonyl (C=O) groups excluding carboxylic acids is 1. The molecule has 0 atom stereocenters. The zero-order chi connectivity index (χ0) is 13.3. The van der Waals surface area contributed by atoms with Crippen molar-refractivity contribution < 1.29 is 4.79 Å². The van der Waals surface area contributed by atoms with E-state index in [9.17, 15) is 4.79 Å². The van der Waals surface area contributed by atoms with Gasteiger partial charge < -0.3 is 11.1 Å². The molecule has 3 N–H and O–H groups in total. The lowest BCUT2D eigenvalue weighted by molar-refractivity contribution is -0.126. The van der Waals surface area contributed by atoms with Gasteiger partial charge in [-0.25, -0.2) is 4.98 Å². The number of hydrogen-bond donors (Lipinski definition) is 2. The minimum absolute atomic E-state index is 0.117. The molecule has 0 saturated carbocycles. The molecule has 0 aromatic carbocycles. The van der Waals surface area contributed by atoms with Gasteiger partial charge in [0.15, 0.2) is 0 Å². The van der Waals surface area contributed by atoms with Gasteiger partial charge in [-0.15, -0.1) is 0 Å². The highest BCUT2D eigenvalue weighted by molar-refractivity contribution is 9.10. The van der Waals surface area contributed by atoms with E-state index in [1.54, 1.807) is 18.3 Å². The number of amides is 1. The maximum atomic E-state index is 12.1. The van der Waals surface area contributed by atoms with Gasteiger partial charge in [-0.1, -0.05) is 0 Å². The molecule has 1 aromatic heterocycles. The molecule has 4 nitrogen and oxygen atoms in total. The van der Waals surface area contributed by atoms with E-state index in [4.69, 9.17) is 5.73 Å². The molecule has 0 fully saturated rings. The number of halogens is 1. The molecule has 0 saturated heterocycles. The van der Waals surface area contributed by atoms with Crippen LogP contribution in [0.2, 0.25) is 0 Å². The first-order chi connectivity index (χ1) is 7.64. The van der Waals surface area contributed by atoms with Crippen LogP contribution in [-0.2, 0) is 4.79 Å². The second-order valence-corrected chi connectivity index (χ2v) is 5.98. The van der Waals surface area contributed by atoms with Crippen molar-refractivity contribution in [3.8, 4) is 0 Å². The molecule has 1 rings (SSSR count). The van der Waals surface area contributed by atoms with Crippen molar-refractivity contribution in [2.75, 3.05) is 5.32 Å². The SMILES string of the molecule is CC(C)(N)C(C)(C)C(=O)Nc1ccc(Br)nc1. The Morgan fingerprint density at radius 2 is 1.94 bits per heavy atom. The van der Waals surface area contributed by atoms with Crippen molar-refractivity contribution in [1.29, 1.82) is 0 Å². The maximum Gasteiger partial charge on any atom is 0.231 e. The van der Waals surface area contributed by atoms with Crippen LogP contribution in [0.3, 0.4) is 0 Å². The van der Waals surface area contributed by atoms with E-state index in [1.807, 2.05) is 27.7 Å². The lowest BCUT2D eigenvalue weighted by Crippen LogP contribution is -2.53. The maximum absolute atomic E-state index is 12.1. The van der Waals surface area contributed by atoms with Crippen LogP contribution in [0.1, 0.15) is 27.7 Å². The van der Waals surface area contributed by atoms with Crippen LogP contribution in [0.5, 0.6) is 0 Å². The van der Waals surface area contributed by atoms with Crippen LogP contribution in [0.15, 0.2) is 22.9 Å². The molecule has 0 aliphatic heterocycles.